The van der Waals surface area contributed by atoms with E-state index < -0.39 is 0 Å². The summed E-state index contributed by atoms with van der Waals surface area (Å²) in [5.41, 5.74) is 0. The monoisotopic (exact) mass is 173 g/mol. The zero-order valence-electron chi connectivity index (χ0n) is 9.13. The van der Waals surface area contributed by atoms with Gasteiger partial charge in [-0.3, -0.25) is 0 Å². The first kappa shape index (κ1) is 11.9. The van der Waals surface area contributed by atoms with Gasteiger partial charge in [0.15, 0.2) is 0 Å². The van der Waals surface area contributed by atoms with Crippen LogP contribution in [0.2, 0.25) is 0 Å². The molecule has 1 saturated heterocycles. The lowest BCUT2D eigenvalue weighted by Gasteiger charge is -2.12. The number of likely N-dealkylation sites (tertiary alicyclic amines) is 1. The highest BCUT2D eigenvalue weighted by molar-refractivity contribution is 4.80. The molecule has 0 aliphatic carbocycles. The Kier molecular flexibility index (Phi) is 6.39. The van der Waals surface area contributed by atoms with Crippen LogP contribution in [0.25, 0.3) is 0 Å². The third-order valence-electron chi connectivity index (χ3n) is 2.25. The van der Waals surface area contributed by atoms with Gasteiger partial charge in [-0.2, -0.15) is 0 Å². The van der Waals surface area contributed by atoms with E-state index in [-0.39, 0.29) is 0 Å². The molecular formula is C10H23NO. The fraction of sp³-hybridized carbons (Fsp3) is 1.00. The first-order chi connectivity index (χ1) is 5.74. The smallest absolute Gasteiger partial charge is 0.0716 e. The van der Waals surface area contributed by atoms with Crippen LogP contribution in [-0.2, 0) is 4.74 Å². The normalized spacial score (nSPS) is 29.8. The van der Waals surface area contributed by atoms with Crippen molar-refractivity contribution in [3.63, 3.8) is 0 Å². The Hall–Kier alpha value is -0.0800. The fourth-order valence-corrected chi connectivity index (χ4v) is 1.49. The Bertz CT molecular complexity index is 96.0. The Balaban J connectivity index is 0.000000561. The average molecular weight is 173 g/mol. The minimum atomic E-state index is 0.491. The van der Waals surface area contributed by atoms with Crippen LogP contribution in [0.5, 0.6) is 0 Å². The molecule has 1 aliphatic rings. The first-order valence-corrected chi connectivity index (χ1v) is 5.06. The van der Waals surface area contributed by atoms with E-state index in [0.29, 0.717) is 12.1 Å². The molecule has 1 rings (SSSR count). The zero-order valence-corrected chi connectivity index (χ0v) is 9.13. The number of hydrogen-bond donors (Lipinski definition) is 0. The Morgan fingerprint density at radius 1 is 1.42 bits per heavy atom. The van der Waals surface area contributed by atoms with E-state index >= 15 is 0 Å². The molecule has 74 valence electrons. The van der Waals surface area contributed by atoms with E-state index in [1.807, 2.05) is 13.8 Å². The quantitative estimate of drug-likeness (QED) is 0.634. The molecule has 0 aromatic rings. The molecule has 0 spiro atoms. The summed E-state index contributed by atoms with van der Waals surface area (Å²) < 4.78 is 5.50. The topological polar surface area (TPSA) is 12.5 Å². The second-order valence-electron chi connectivity index (χ2n) is 3.10. The molecule has 0 aromatic carbocycles. The highest BCUT2D eigenvalue weighted by Crippen LogP contribution is 2.17. The third-order valence-corrected chi connectivity index (χ3v) is 2.25. The number of likely N-dealkylation sites (N-methyl/N-ethyl adjacent to an activating group) is 1. The summed E-state index contributed by atoms with van der Waals surface area (Å²) in [5.74, 6) is 0. The summed E-state index contributed by atoms with van der Waals surface area (Å²) in [4.78, 5) is 2.35. The van der Waals surface area contributed by atoms with Gasteiger partial charge in [0.25, 0.3) is 0 Å². The number of hydrogen-bond acceptors (Lipinski definition) is 2. The van der Waals surface area contributed by atoms with Crippen molar-refractivity contribution in [1.29, 1.82) is 0 Å². The van der Waals surface area contributed by atoms with Crippen molar-refractivity contribution in [1.82, 2.24) is 4.90 Å². The second-order valence-corrected chi connectivity index (χ2v) is 3.10. The molecule has 1 aliphatic heterocycles. The van der Waals surface area contributed by atoms with Crippen LogP contribution < -0.4 is 0 Å². The lowest BCUT2D eigenvalue weighted by atomic mass is 10.2. The van der Waals surface area contributed by atoms with Crippen LogP contribution in [-0.4, -0.2) is 37.2 Å². The van der Waals surface area contributed by atoms with Gasteiger partial charge in [0, 0.05) is 19.2 Å². The standard InChI is InChI=1S/C8H17NO.C2H6/c1-4-10-8-5-7(2)9(3)6-8;1-2/h7-8H,4-6H2,1-3H3;1-2H3. The van der Waals surface area contributed by atoms with E-state index in [1.54, 1.807) is 0 Å². The van der Waals surface area contributed by atoms with Crippen molar-refractivity contribution < 1.29 is 4.74 Å². The van der Waals surface area contributed by atoms with Crippen LogP contribution in [0.3, 0.4) is 0 Å². The van der Waals surface area contributed by atoms with E-state index in [9.17, 15) is 0 Å². The molecule has 0 amide bonds. The van der Waals surface area contributed by atoms with E-state index in [2.05, 4.69) is 25.8 Å². The molecule has 2 atom stereocenters. The maximum absolute atomic E-state index is 5.50. The lowest BCUT2D eigenvalue weighted by Crippen LogP contribution is -2.22. The highest BCUT2D eigenvalue weighted by Gasteiger charge is 2.25. The molecule has 0 saturated carbocycles. The van der Waals surface area contributed by atoms with Crippen LogP contribution in [0.1, 0.15) is 34.1 Å². The van der Waals surface area contributed by atoms with Crippen molar-refractivity contribution in [3.8, 4) is 0 Å². The zero-order chi connectivity index (χ0) is 9.56. The van der Waals surface area contributed by atoms with Crippen LogP contribution in [0.15, 0.2) is 0 Å². The minimum Gasteiger partial charge on any atom is -0.377 e. The molecule has 0 radical (unpaired) electrons. The molecule has 1 heterocycles. The molecule has 2 nitrogen and oxygen atoms in total. The van der Waals surface area contributed by atoms with Gasteiger partial charge in [-0.25, -0.2) is 0 Å². The lowest BCUT2D eigenvalue weighted by molar-refractivity contribution is 0.0708. The predicted octanol–water partition coefficient (Wildman–Crippen LogP) is 2.14. The number of ether oxygens (including phenoxy) is 1. The minimum absolute atomic E-state index is 0.491. The SMILES string of the molecule is CC.CCOC1CC(C)N(C)C1. The van der Waals surface area contributed by atoms with Gasteiger partial charge in [0.05, 0.1) is 6.10 Å². The first-order valence-electron chi connectivity index (χ1n) is 5.06. The van der Waals surface area contributed by atoms with Gasteiger partial charge in [-0.05, 0) is 27.3 Å². The van der Waals surface area contributed by atoms with E-state index in [1.165, 1.54) is 6.42 Å². The summed E-state index contributed by atoms with van der Waals surface area (Å²) in [5, 5.41) is 0. The van der Waals surface area contributed by atoms with Crippen LogP contribution in [0.4, 0.5) is 0 Å². The third kappa shape index (κ3) is 3.55. The maximum Gasteiger partial charge on any atom is 0.0716 e. The Morgan fingerprint density at radius 3 is 2.33 bits per heavy atom. The van der Waals surface area contributed by atoms with E-state index in [0.717, 1.165) is 13.2 Å². The predicted molar refractivity (Wildman–Crippen MR) is 53.5 cm³/mol. The van der Waals surface area contributed by atoms with Crippen molar-refractivity contribution in [2.24, 2.45) is 0 Å². The number of nitrogens with zero attached hydrogens (tertiary/aromatic N) is 1. The largest absolute Gasteiger partial charge is 0.377 e. The summed E-state index contributed by atoms with van der Waals surface area (Å²) in [6.45, 7) is 10.3. The van der Waals surface area contributed by atoms with Gasteiger partial charge in [-0.15, -0.1) is 0 Å². The van der Waals surface area contributed by atoms with Crippen LogP contribution in [0, 0.1) is 0 Å². The number of rotatable bonds is 2. The molecule has 0 N–H and O–H groups in total. The average Bonchev–Trinajstić information content (AvgIpc) is 2.36. The van der Waals surface area contributed by atoms with Crippen molar-refractivity contribution in [2.45, 2.75) is 46.3 Å². The van der Waals surface area contributed by atoms with Gasteiger partial charge in [-0.1, -0.05) is 13.8 Å². The summed E-state index contributed by atoms with van der Waals surface area (Å²) in [7, 11) is 2.16. The molecule has 0 bridgehead atoms. The van der Waals surface area contributed by atoms with Crippen molar-refractivity contribution in [3.05, 3.63) is 0 Å². The maximum atomic E-state index is 5.50. The van der Waals surface area contributed by atoms with Crippen LogP contribution >= 0.6 is 0 Å². The molecular weight excluding hydrogens is 150 g/mol. The summed E-state index contributed by atoms with van der Waals surface area (Å²) >= 11 is 0. The Labute approximate surface area is 76.9 Å². The van der Waals surface area contributed by atoms with Gasteiger partial charge in [0.2, 0.25) is 0 Å². The van der Waals surface area contributed by atoms with Gasteiger partial charge >= 0.3 is 0 Å². The second kappa shape index (κ2) is 6.44. The van der Waals surface area contributed by atoms with E-state index in [4.69, 9.17) is 4.74 Å². The molecule has 2 unspecified atom stereocenters. The molecule has 0 aromatic heterocycles. The molecule has 1 fully saturated rings. The fourth-order valence-electron chi connectivity index (χ4n) is 1.49. The molecule has 12 heavy (non-hydrogen) atoms. The van der Waals surface area contributed by atoms with Crippen molar-refractivity contribution >= 4 is 0 Å². The summed E-state index contributed by atoms with van der Waals surface area (Å²) in [6.07, 6.45) is 1.69. The van der Waals surface area contributed by atoms with Crippen molar-refractivity contribution in [2.75, 3.05) is 20.2 Å². The van der Waals surface area contributed by atoms with Gasteiger partial charge in [0.1, 0.15) is 0 Å². The van der Waals surface area contributed by atoms with Gasteiger partial charge < -0.3 is 9.64 Å². The molecule has 2 heteroatoms. The summed E-state index contributed by atoms with van der Waals surface area (Å²) in [6, 6.07) is 0.705. The highest BCUT2D eigenvalue weighted by atomic mass is 16.5. The Morgan fingerprint density at radius 2 is 2.00 bits per heavy atom.